The van der Waals surface area contributed by atoms with Gasteiger partial charge in [-0.3, -0.25) is 0 Å². The van der Waals surface area contributed by atoms with Gasteiger partial charge < -0.3 is 4.98 Å². The number of fused-ring (bicyclic) bond motifs is 3. The zero-order valence-corrected chi connectivity index (χ0v) is 14.0. The van der Waals surface area contributed by atoms with E-state index in [1.54, 1.807) is 12.3 Å². The van der Waals surface area contributed by atoms with Crippen molar-refractivity contribution in [2.45, 2.75) is 18.5 Å². The van der Waals surface area contributed by atoms with Crippen molar-refractivity contribution in [2.75, 3.05) is 18.8 Å². The Kier molecular flexibility index (Phi) is 3.84. The van der Waals surface area contributed by atoms with Gasteiger partial charge in [-0.1, -0.05) is 0 Å². The SMILES string of the molecule is O=S(=O)(CC(F)(F)F)N1CCC(c2cnnc3nnc4[nH]ccc4c23)C1. The van der Waals surface area contributed by atoms with E-state index in [0.29, 0.717) is 28.7 Å². The van der Waals surface area contributed by atoms with Crippen molar-refractivity contribution in [3.63, 3.8) is 0 Å². The quantitative estimate of drug-likeness (QED) is 0.733. The highest BCUT2D eigenvalue weighted by Gasteiger charge is 2.41. The molecule has 1 fully saturated rings. The molecule has 3 aromatic rings. The molecule has 0 aliphatic carbocycles. The fraction of sp³-hybridized carbons (Fsp3) is 0.429. The number of H-pyrrole nitrogens is 1. The van der Waals surface area contributed by atoms with Crippen LogP contribution < -0.4 is 0 Å². The van der Waals surface area contributed by atoms with Gasteiger partial charge in [0.2, 0.25) is 15.7 Å². The van der Waals surface area contributed by atoms with Crippen molar-refractivity contribution < 1.29 is 21.6 Å². The Balaban J connectivity index is 1.71. The molecule has 0 saturated carbocycles. The molecule has 26 heavy (non-hydrogen) atoms. The van der Waals surface area contributed by atoms with E-state index in [9.17, 15) is 21.6 Å². The van der Waals surface area contributed by atoms with Crippen molar-refractivity contribution in [3.8, 4) is 0 Å². The predicted molar refractivity (Wildman–Crippen MR) is 85.8 cm³/mol. The van der Waals surface area contributed by atoms with Gasteiger partial charge in [0.05, 0.1) is 6.20 Å². The van der Waals surface area contributed by atoms with E-state index >= 15 is 0 Å². The van der Waals surface area contributed by atoms with Gasteiger partial charge in [0.1, 0.15) is 0 Å². The smallest absolute Gasteiger partial charge is 0.345 e. The highest BCUT2D eigenvalue weighted by molar-refractivity contribution is 7.89. The van der Waals surface area contributed by atoms with Crippen molar-refractivity contribution in [3.05, 3.63) is 24.0 Å². The summed E-state index contributed by atoms with van der Waals surface area (Å²) in [7, 11) is -4.41. The summed E-state index contributed by atoms with van der Waals surface area (Å²) in [4.78, 5) is 2.94. The third kappa shape index (κ3) is 2.98. The maximum Gasteiger partial charge on any atom is 0.404 e. The average molecular weight is 386 g/mol. The molecule has 0 aromatic carbocycles. The van der Waals surface area contributed by atoms with E-state index in [1.165, 1.54) is 6.20 Å². The maximum absolute atomic E-state index is 12.5. The molecule has 138 valence electrons. The summed E-state index contributed by atoms with van der Waals surface area (Å²) < 4.78 is 62.5. The largest absolute Gasteiger partial charge is 0.404 e. The molecule has 12 heteroatoms. The van der Waals surface area contributed by atoms with Crippen LogP contribution >= 0.6 is 0 Å². The first kappa shape index (κ1) is 17.1. The number of aromatic nitrogens is 5. The average Bonchev–Trinajstić information content (AvgIpc) is 3.21. The minimum Gasteiger partial charge on any atom is -0.345 e. The highest BCUT2D eigenvalue weighted by Crippen LogP contribution is 2.35. The molecule has 4 rings (SSSR count). The topological polar surface area (TPSA) is 105 Å². The van der Waals surface area contributed by atoms with E-state index in [4.69, 9.17) is 0 Å². The van der Waals surface area contributed by atoms with Crippen molar-refractivity contribution in [2.24, 2.45) is 0 Å². The second-order valence-electron chi connectivity index (χ2n) is 6.15. The number of aromatic amines is 1. The van der Waals surface area contributed by atoms with Crippen LogP contribution in [0.2, 0.25) is 0 Å². The first-order chi connectivity index (χ1) is 12.2. The number of hydrogen-bond donors (Lipinski definition) is 1. The Morgan fingerprint density at radius 2 is 2.08 bits per heavy atom. The summed E-state index contributed by atoms with van der Waals surface area (Å²) in [5.74, 6) is -2.14. The monoisotopic (exact) mass is 386 g/mol. The van der Waals surface area contributed by atoms with Gasteiger partial charge in [-0.2, -0.15) is 18.3 Å². The summed E-state index contributed by atoms with van der Waals surface area (Å²) in [6.07, 6.45) is -1.17. The normalized spacial score (nSPS) is 19.6. The van der Waals surface area contributed by atoms with E-state index in [-0.39, 0.29) is 19.0 Å². The van der Waals surface area contributed by atoms with Crippen molar-refractivity contribution >= 4 is 32.1 Å². The minimum atomic E-state index is -4.77. The lowest BCUT2D eigenvalue weighted by Gasteiger charge is -2.18. The molecule has 1 saturated heterocycles. The van der Waals surface area contributed by atoms with Crippen LogP contribution in [-0.2, 0) is 10.0 Å². The van der Waals surface area contributed by atoms with Crippen LogP contribution in [0.4, 0.5) is 13.2 Å². The number of halogens is 3. The fourth-order valence-corrected chi connectivity index (χ4v) is 4.71. The molecule has 0 radical (unpaired) electrons. The van der Waals surface area contributed by atoms with E-state index in [2.05, 4.69) is 25.4 Å². The van der Waals surface area contributed by atoms with E-state index in [0.717, 1.165) is 9.69 Å². The molecule has 3 aromatic heterocycles. The third-order valence-corrected chi connectivity index (χ3v) is 6.24. The standard InChI is InChI=1S/C14H13F3N6O2S/c15-14(16,17)7-26(24,25)23-4-2-8(6-23)10-5-19-20-13-11(10)9-1-3-18-12(9)21-22-13/h1,3,5,8H,2,4,6-7H2,(H,18,21). The first-order valence-corrected chi connectivity index (χ1v) is 9.35. The van der Waals surface area contributed by atoms with Crippen LogP contribution in [0.5, 0.6) is 0 Å². The van der Waals surface area contributed by atoms with Crippen LogP contribution in [0.25, 0.3) is 22.1 Å². The second-order valence-corrected chi connectivity index (χ2v) is 8.12. The lowest BCUT2D eigenvalue weighted by molar-refractivity contribution is -0.106. The van der Waals surface area contributed by atoms with Crippen molar-refractivity contribution in [1.29, 1.82) is 0 Å². The third-order valence-electron chi connectivity index (χ3n) is 4.43. The van der Waals surface area contributed by atoms with Gasteiger partial charge in [0, 0.05) is 36.0 Å². The number of sulfonamides is 1. The number of nitrogens with one attached hydrogen (secondary N) is 1. The van der Waals surface area contributed by atoms with Crippen LogP contribution in [-0.4, -0.2) is 63.1 Å². The molecular formula is C14H13F3N6O2S. The molecule has 8 nitrogen and oxygen atoms in total. The fourth-order valence-electron chi connectivity index (χ4n) is 3.32. The Hall–Kier alpha value is -2.34. The molecule has 4 heterocycles. The lowest BCUT2D eigenvalue weighted by Crippen LogP contribution is -2.36. The lowest BCUT2D eigenvalue weighted by atomic mass is 9.96. The summed E-state index contributed by atoms with van der Waals surface area (Å²) in [6.45, 7) is -0.00483. The minimum absolute atomic E-state index is 0.0295. The number of alkyl halides is 3. The molecular weight excluding hydrogens is 373 g/mol. The number of nitrogens with zero attached hydrogens (tertiary/aromatic N) is 5. The van der Waals surface area contributed by atoms with Crippen LogP contribution in [0.15, 0.2) is 18.5 Å². The van der Waals surface area contributed by atoms with E-state index in [1.807, 2.05) is 0 Å². The molecule has 0 amide bonds. The van der Waals surface area contributed by atoms with Gasteiger partial charge >= 0.3 is 6.18 Å². The van der Waals surface area contributed by atoms with Crippen molar-refractivity contribution in [1.82, 2.24) is 29.7 Å². The predicted octanol–water partition coefficient (Wildman–Crippen LogP) is 1.58. The Bertz CT molecular complexity index is 1080. The Labute approximate surface area is 145 Å². The first-order valence-electron chi connectivity index (χ1n) is 7.74. The summed E-state index contributed by atoms with van der Waals surface area (Å²) in [5, 5.41) is 17.3. The zero-order valence-electron chi connectivity index (χ0n) is 13.2. The molecule has 1 unspecified atom stereocenters. The van der Waals surface area contributed by atoms with Gasteiger partial charge in [-0.05, 0) is 18.1 Å². The van der Waals surface area contributed by atoms with Gasteiger partial charge in [0.15, 0.2) is 11.4 Å². The van der Waals surface area contributed by atoms with Gasteiger partial charge in [-0.25, -0.2) is 12.7 Å². The molecule has 0 bridgehead atoms. The summed E-state index contributed by atoms with van der Waals surface area (Å²) in [6, 6.07) is 1.80. The number of hydrogen-bond acceptors (Lipinski definition) is 6. The summed E-state index contributed by atoms with van der Waals surface area (Å²) in [5.41, 5.74) is 1.57. The summed E-state index contributed by atoms with van der Waals surface area (Å²) >= 11 is 0. The Morgan fingerprint density at radius 3 is 2.85 bits per heavy atom. The van der Waals surface area contributed by atoms with Gasteiger partial charge in [0.25, 0.3) is 0 Å². The molecule has 1 N–H and O–H groups in total. The van der Waals surface area contributed by atoms with Gasteiger partial charge in [-0.15, -0.1) is 15.3 Å². The zero-order chi connectivity index (χ0) is 18.5. The van der Waals surface area contributed by atoms with Crippen LogP contribution in [0, 0.1) is 0 Å². The van der Waals surface area contributed by atoms with Crippen LogP contribution in [0.3, 0.4) is 0 Å². The number of rotatable bonds is 3. The van der Waals surface area contributed by atoms with E-state index < -0.39 is 22.0 Å². The molecule has 1 aliphatic heterocycles. The maximum atomic E-state index is 12.5. The molecule has 1 atom stereocenters. The Morgan fingerprint density at radius 1 is 1.27 bits per heavy atom. The molecule has 0 spiro atoms. The second kappa shape index (κ2) is 5.84. The van der Waals surface area contributed by atoms with Crippen LogP contribution in [0.1, 0.15) is 17.9 Å². The molecule has 1 aliphatic rings. The highest BCUT2D eigenvalue weighted by atomic mass is 32.2.